The first-order valence-corrected chi connectivity index (χ1v) is 6.82. The summed E-state index contributed by atoms with van der Waals surface area (Å²) in [5.74, 6) is 0. The number of nitrogens with two attached hydrogens (primary N) is 1. The van der Waals surface area contributed by atoms with Gasteiger partial charge in [-0.25, -0.2) is 4.98 Å². The summed E-state index contributed by atoms with van der Waals surface area (Å²) in [4.78, 5) is 7.50. The monoisotopic (exact) mass is 303 g/mol. The van der Waals surface area contributed by atoms with Gasteiger partial charge in [0.15, 0.2) is 5.13 Å². The lowest BCUT2D eigenvalue weighted by molar-refractivity contribution is 1.09. The van der Waals surface area contributed by atoms with Gasteiger partial charge in [0.2, 0.25) is 0 Å². The van der Waals surface area contributed by atoms with Crippen LogP contribution in [0.15, 0.2) is 22.1 Å². The molecule has 0 aliphatic rings. The highest BCUT2D eigenvalue weighted by molar-refractivity contribution is 9.10. The van der Waals surface area contributed by atoms with E-state index < -0.39 is 0 Å². The standard InChI is InChI=1S/C9H10BrN3S2/c1-13(8-2-6(10)5-14-8)9-12-4-7(3-11)15-9/h2,4-5H,3,11H2,1H3. The topological polar surface area (TPSA) is 42.2 Å². The van der Waals surface area contributed by atoms with Gasteiger partial charge in [0.1, 0.15) is 0 Å². The third-order valence-corrected chi connectivity index (χ3v) is 4.78. The highest BCUT2D eigenvalue weighted by Crippen LogP contribution is 2.33. The maximum absolute atomic E-state index is 5.55. The first-order valence-electron chi connectivity index (χ1n) is 4.33. The SMILES string of the molecule is CN(c1cc(Br)cs1)c1ncc(CN)s1. The molecule has 0 bridgehead atoms. The molecule has 0 aromatic carbocycles. The molecule has 0 unspecified atom stereocenters. The Morgan fingerprint density at radius 2 is 2.40 bits per heavy atom. The molecular formula is C9H10BrN3S2. The number of thiophene rings is 1. The van der Waals surface area contributed by atoms with Crippen LogP contribution >= 0.6 is 38.6 Å². The maximum Gasteiger partial charge on any atom is 0.190 e. The summed E-state index contributed by atoms with van der Waals surface area (Å²) in [7, 11) is 2.01. The number of aromatic nitrogens is 1. The van der Waals surface area contributed by atoms with E-state index in [1.54, 1.807) is 22.7 Å². The zero-order valence-electron chi connectivity index (χ0n) is 8.11. The second-order valence-corrected chi connectivity index (χ2v) is 5.87. The normalized spacial score (nSPS) is 10.6. The molecule has 0 fully saturated rings. The summed E-state index contributed by atoms with van der Waals surface area (Å²) in [5, 5.41) is 4.20. The van der Waals surface area contributed by atoms with Gasteiger partial charge in [0.05, 0.1) is 5.00 Å². The van der Waals surface area contributed by atoms with Crippen LogP contribution in [0.1, 0.15) is 4.88 Å². The predicted octanol–water partition coefficient (Wildman–Crippen LogP) is 3.19. The van der Waals surface area contributed by atoms with Crippen molar-refractivity contribution in [3.8, 4) is 0 Å². The van der Waals surface area contributed by atoms with E-state index in [-0.39, 0.29) is 0 Å². The summed E-state index contributed by atoms with van der Waals surface area (Å²) in [6, 6.07) is 2.08. The van der Waals surface area contributed by atoms with Crippen molar-refractivity contribution in [3.05, 3.63) is 27.0 Å². The van der Waals surface area contributed by atoms with Crippen molar-refractivity contribution in [2.24, 2.45) is 5.73 Å². The summed E-state index contributed by atoms with van der Waals surface area (Å²) in [6.45, 7) is 0.555. The van der Waals surface area contributed by atoms with E-state index >= 15 is 0 Å². The van der Waals surface area contributed by atoms with Crippen LogP contribution in [-0.4, -0.2) is 12.0 Å². The molecule has 0 spiro atoms. The zero-order valence-corrected chi connectivity index (χ0v) is 11.3. The van der Waals surface area contributed by atoms with Gasteiger partial charge in [0.25, 0.3) is 0 Å². The van der Waals surface area contributed by atoms with Crippen LogP contribution < -0.4 is 10.6 Å². The minimum absolute atomic E-state index is 0.555. The van der Waals surface area contributed by atoms with Crippen molar-refractivity contribution in [3.63, 3.8) is 0 Å². The Balaban J connectivity index is 2.23. The van der Waals surface area contributed by atoms with Gasteiger partial charge in [-0.2, -0.15) is 0 Å². The van der Waals surface area contributed by atoms with E-state index in [4.69, 9.17) is 5.73 Å². The van der Waals surface area contributed by atoms with Crippen molar-refractivity contribution in [1.29, 1.82) is 0 Å². The van der Waals surface area contributed by atoms with Crippen molar-refractivity contribution >= 4 is 48.7 Å². The van der Waals surface area contributed by atoms with Crippen LogP contribution in [0.5, 0.6) is 0 Å². The number of halogens is 1. The first-order chi connectivity index (χ1) is 7.20. The van der Waals surface area contributed by atoms with Crippen LogP contribution in [-0.2, 0) is 6.54 Å². The fourth-order valence-corrected chi connectivity index (χ4v) is 3.33. The van der Waals surface area contributed by atoms with Crippen LogP contribution in [0.4, 0.5) is 10.1 Å². The number of thiazole rings is 1. The van der Waals surface area contributed by atoms with E-state index in [9.17, 15) is 0 Å². The van der Waals surface area contributed by atoms with Gasteiger partial charge in [0, 0.05) is 34.5 Å². The van der Waals surface area contributed by atoms with Gasteiger partial charge < -0.3 is 10.6 Å². The lowest BCUT2D eigenvalue weighted by atomic mass is 10.6. The molecule has 0 aliphatic carbocycles. The lowest BCUT2D eigenvalue weighted by Crippen LogP contribution is -2.06. The minimum Gasteiger partial charge on any atom is -0.326 e. The lowest BCUT2D eigenvalue weighted by Gasteiger charge is -2.12. The van der Waals surface area contributed by atoms with Gasteiger partial charge in [-0.1, -0.05) is 0 Å². The van der Waals surface area contributed by atoms with Gasteiger partial charge >= 0.3 is 0 Å². The van der Waals surface area contributed by atoms with E-state index in [1.807, 2.05) is 13.2 Å². The van der Waals surface area contributed by atoms with Crippen LogP contribution in [0, 0.1) is 0 Å². The molecular weight excluding hydrogens is 294 g/mol. The summed E-state index contributed by atoms with van der Waals surface area (Å²) < 4.78 is 1.10. The predicted molar refractivity (Wildman–Crippen MR) is 70.1 cm³/mol. The molecule has 3 nitrogen and oxygen atoms in total. The third-order valence-electron chi connectivity index (χ3n) is 1.91. The molecule has 2 aromatic rings. The number of hydrogen-bond donors (Lipinski definition) is 1. The fourth-order valence-electron chi connectivity index (χ4n) is 1.12. The average molecular weight is 304 g/mol. The van der Waals surface area contributed by atoms with E-state index in [0.717, 1.165) is 14.5 Å². The molecule has 0 saturated heterocycles. The van der Waals surface area contributed by atoms with E-state index in [1.165, 1.54) is 5.00 Å². The molecule has 2 aromatic heterocycles. The quantitative estimate of drug-likeness (QED) is 0.947. The molecule has 2 rings (SSSR count). The molecule has 0 amide bonds. The Hall–Kier alpha value is -0.430. The maximum atomic E-state index is 5.55. The van der Waals surface area contributed by atoms with Crippen LogP contribution in [0.2, 0.25) is 0 Å². The molecule has 2 heterocycles. The molecule has 0 radical (unpaired) electrons. The van der Waals surface area contributed by atoms with Gasteiger partial charge in [-0.15, -0.1) is 22.7 Å². The Morgan fingerprint density at radius 3 is 2.93 bits per heavy atom. The van der Waals surface area contributed by atoms with E-state index in [2.05, 4.69) is 37.3 Å². The third kappa shape index (κ3) is 2.39. The second-order valence-electron chi connectivity index (χ2n) is 2.98. The van der Waals surface area contributed by atoms with Crippen molar-refractivity contribution in [2.45, 2.75) is 6.54 Å². The van der Waals surface area contributed by atoms with Crippen molar-refractivity contribution in [2.75, 3.05) is 11.9 Å². The second kappa shape index (κ2) is 4.61. The Kier molecular flexibility index (Phi) is 3.40. The molecule has 6 heteroatoms. The fraction of sp³-hybridized carbons (Fsp3) is 0.222. The number of nitrogens with zero attached hydrogens (tertiary/aromatic N) is 2. The Bertz CT molecular complexity index is 452. The zero-order chi connectivity index (χ0) is 10.8. The number of rotatable bonds is 3. The highest BCUT2D eigenvalue weighted by Gasteiger charge is 2.10. The summed E-state index contributed by atoms with van der Waals surface area (Å²) >= 11 is 6.75. The Labute approximate surface area is 105 Å². The van der Waals surface area contributed by atoms with Crippen LogP contribution in [0.3, 0.4) is 0 Å². The molecule has 80 valence electrons. The highest BCUT2D eigenvalue weighted by atomic mass is 79.9. The smallest absolute Gasteiger partial charge is 0.190 e. The molecule has 0 aliphatic heterocycles. The average Bonchev–Trinajstić information content (AvgIpc) is 2.84. The molecule has 0 atom stereocenters. The van der Waals surface area contributed by atoms with E-state index in [0.29, 0.717) is 6.54 Å². The first kappa shape index (κ1) is 11.1. The minimum atomic E-state index is 0.555. The number of anilines is 2. The van der Waals surface area contributed by atoms with Gasteiger partial charge in [-0.05, 0) is 22.0 Å². The summed E-state index contributed by atoms with van der Waals surface area (Å²) in [6.07, 6.45) is 1.83. The summed E-state index contributed by atoms with van der Waals surface area (Å²) in [5.41, 5.74) is 5.55. The van der Waals surface area contributed by atoms with Crippen molar-refractivity contribution in [1.82, 2.24) is 4.98 Å². The largest absolute Gasteiger partial charge is 0.326 e. The van der Waals surface area contributed by atoms with Crippen molar-refractivity contribution < 1.29 is 0 Å². The van der Waals surface area contributed by atoms with Crippen LogP contribution in [0.25, 0.3) is 0 Å². The molecule has 2 N–H and O–H groups in total. The molecule has 15 heavy (non-hydrogen) atoms. The Morgan fingerprint density at radius 1 is 1.60 bits per heavy atom. The number of hydrogen-bond acceptors (Lipinski definition) is 5. The van der Waals surface area contributed by atoms with Gasteiger partial charge in [-0.3, -0.25) is 0 Å². The molecule has 0 saturated carbocycles.